The number of benzene rings is 1. The summed E-state index contributed by atoms with van der Waals surface area (Å²) in [6, 6.07) is 9.84. The third kappa shape index (κ3) is 3.61. The van der Waals surface area contributed by atoms with Crippen LogP contribution in [0.2, 0.25) is 0 Å². The zero-order valence-electron chi connectivity index (χ0n) is 16.8. The van der Waals surface area contributed by atoms with Gasteiger partial charge in [0.05, 0.1) is 17.2 Å². The highest BCUT2D eigenvalue weighted by Crippen LogP contribution is 2.41. The van der Waals surface area contributed by atoms with E-state index in [-0.39, 0.29) is 23.4 Å². The fraction of sp³-hybridized carbons (Fsp3) is 0.304. The molecule has 32 heavy (non-hydrogen) atoms. The van der Waals surface area contributed by atoms with Crippen molar-refractivity contribution in [1.82, 2.24) is 14.9 Å². The monoisotopic (exact) mass is 445 g/mol. The lowest BCUT2D eigenvalue weighted by molar-refractivity contribution is -0.137. The number of hydrogen-bond acceptors (Lipinski definition) is 3. The zero-order chi connectivity index (χ0) is 22.5. The summed E-state index contributed by atoms with van der Waals surface area (Å²) in [7, 11) is 0. The zero-order valence-corrected chi connectivity index (χ0v) is 16.8. The van der Waals surface area contributed by atoms with E-state index >= 15 is 0 Å². The number of fused-ring (bicyclic) bond motifs is 2. The van der Waals surface area contributed by atoms with Gasteiger partial charge >= 0.3 is 6.18 Å². The first-order chi connectivity index (χ1) is 15.3. The second-order valence-electron chi connectivity index (χ2n) is 8.15. The SMILES string of the molecule is O=C(c1c(F)cccc1-c1ccc[nH]1)N1C[C@H]2C[C@@H](Oc3ccc(C(F)(F)F)cn3)[C@@H]1C2. The van der Waals surface area contributed by atoms with Crippen molar-refractivity contribution in [1.29, 1.82) is 0 Å². The van der Waals surface area contributed by atoms with E-state index in [1.807, 2.05) is 0 Å². The van der Waals surface area contributed by atoms with Gasteiger partial charge in [0.1, 0.15) is 11.9 Å². The van der Waals surface area contributed by atoms with Gasteiger partial charge in [-0.1, -0.05) is 12.1 Å². The Morgan fingerprint density at radius 3 is 2.62 bits per heavy atom. The van der Waals surface area contributed by atoms with E-state index in [1.165, 1.54) is 12.1 Å². The van der Waals surface area contributed by atoms with E-state index in [9.17, 15) is 22.4 Å². The predicted molar refractivity (Wildman–Crippen MR) is 107 cm³/mol. The third-order valence-electron chi connectivity index (χ3n) is 6.14. The molecular weight excluding hydrogens is 426 g/mol. The van der Waals surface area contributed by atoms with E-state index in [0.29, 0.717) is 30.6 Å². The minimum absolute atomic E-state index is 0.00564. The molecule has 2 bridgehead atoms. The number of hydrogen-bond donors (Lipinski definition) is 1. The van der Waals surface area contributed by atoms with E-state index in [2.05, 4.69) is 9.97 Å². The number of aromatic amines is 1. The van der Waals surface area contributed by atoms with Crippen LogP contribution in [0.4, 0.5) is 17.6 Å². The summed E-state index contributed by atoms with van der Waals surface area (Å²) in [5.74, 6) is -0.773. The molecule has 9 heteroatoms. The van der Waals surface area contributed by atoms with Gasteiger partial charge < -0.3 is 14.6 Å². The molecule has 166 valence electrons. The number of carbonyl (C=O) groups excluding carboxylic acids is 1. The number of piperidine rings is 1. The molecule has 1 saturated carbocycles. The summed E-state index contributed by atoms with van der Waals surface area (Å²) in [5.41, 5.74) is 0.253. The van der Waals surface area contributed by atoms with Gasteiger partial charge in [-0.2, -0.15) is 13.2 Å². The molecule has 2 aromatic heterocycles. The lowest BCUT2D eigenvalue weighted by Gasteiger charge is -2.33. The summed E-state index contributed by atoms with van der Waals surface area (Å²) in [5, 5.41) is 0. The molecule has 2 fully saturated rings. The third-order valence-corrected chi connectivity index (χ3v) is 6.14. The van der Waals surface area contributed by atoms with Gasteiger partial charge in [0.25, 0.3) is 5.91 Å². The number of pyridine rings is 1. The van der Waals surface area contributed by atoms with Crippen LogP contribution >= 0.6 is 0 Å². The normalized spacial score (nSPS) is 22.4. The number of H-pyrrole nitrogens is 1. The van der Waals surface area contributed by atoms with Crippen molar-refractivity contribution in [2.45, 2.75) is 31.2 Å². The minimum Gasteiger partial charge on any atom is -0.472 e. The van der Waals surface area contributed by atoms with Crippen LogP contribution in [0.1, 0.15) is 28.8 Å². The molecule has 2 aliphatic rings. The van der Waals surface area contributed by atoms with Crippen molar-refractivity contribution in [2.75, 3.05) is 6.54 Å². The highest BCUT2D eigenvalue weighted by atomic mass is 19.4. The highest BCUT2D eigenvalue weighted by molar-refractivity contribution is 6.01. The quantitative estimate of drug-likeness (QED) is 0.581. The molecule has 1 N–H and O–H groups in total. The first kappa shape index (κ1) is 20.5. The Hall–Kier alpha value is -3.36. The number of nitrogens with one attached hydrogen (secondary N) is 1. The summed E-state index contributed by atoms with van der Waals surface area (Å²) < 4.78 is 58.9. The van der Waals surface area contributed by atoms with Crippen molar-refractivity contribution >= 4 is 5.91 Å². The van der Waals surface area contributed by atoms with Crippen molar-refractivity contribution in [3.8, 4) is 17.1 Å². The molecule has 5 nitrogen and oxygen atoms in total. The molecule has 0 radical (unpaired) electrons. The van der Waals surface area contributed by atoms with Crippen molar-refractivity contribution in [2.24, 2.45) is 5.92 Å². The van der Waals surface area contributed by atoms with Gasteiger partial charge in [0.15, 0.2) is 0 Å². The fourth-order valence-corrected chi connectivity index (χ4v) is 4.71. The van der Waals surface area contributed by atoms with Crippen LogP contribution in [0.5, 0.6) is 5.88 Å². The Bertz CT molecular complexity index is 1130. The second-order valence-corrected chi connectivity index (χ2v) is 8.15. The maximum atomic E-state index is 14.8. The molecule has 1 aliphatic carbocycles. The van der Waals surface area contributed by atoms with Gasteiger partial charge in [-0.05, 0) is 43.0 Å². The van der Waals surface area contributed by atoms with Gasteiger partial charge in [0, 0.05) is 36.3 Å². The Morgan fingerprint density at radius 2 is 1.97 bits per heavy atom. The molecule has 0 unspecified atom stereocenters. The first-order valence-electron chi connectivity index (χ1n) is 10.2. The molecule has 3 heterocycles. The number of ether oxygens (including phenoxy) is 1. The summed E-state index contributed by atoms with van der Waals surface area (Å²) in [4.78, 5) is 21.8. The minimum atomic E-state index is -4.47. The smallest absolute Gasteiger partial charge is 0.417 e. The Kier molecular flexibility index (Phi) is 4.91. The maximum absolute atomic E-state index is 14.8. The molecule has 1 aromatic carbocycles. The average molecular weight is 445 g/mol. The van der Waals surface area contributed by atoms with Gasteiger partial charge in [0.2, 0.25) is 5.88 Å². The van der Waals surface area contributed by atoms with Crippen molar-refractivity contribution in [3.63, 3.8) is 0 Å². The summed E-state index contributed by atoms with van der Waals surface area (Å²) in [6.07, 6.45) is -1.10. The lowest BCUT2D eigenvalue weighted by Crippen LogP contribution is -2.47. The molecule has 1 amide bonds. The van der Waals surface area contributed by atoms with Crippen LogP contribution in [0.25, 0.3) is 11.3 Å². The first-order valence-corrected chi connectivity index (χ1v) is 10.2. The second kappa shape index (κ2) is 7.65. The van der Waals surface area contributed by atoms with Gasteiger partial charge in [-0.15, -0.1) is 0 Å². The maximum Gasteiger partial charge on any atom is 0.417 e. The summed E-state index contributed by atoms with van der Waals surface area (Å²) in [6.45, 7) is 0.488. The van der Waals surface area contributed by atoms with Crippen LogP contribution in [0.3, 0.4) is 0 Å². The standard InChI is InChI=1S/C23H19F4N3O2/c24-16-4-1-3-15(17-5-2-8-28-17)21(16)22(31)30-12-13-9-18(30)19(10-13)32-20-7-6-14(11-29-20)23(25,26)27/h1-8,11,13,18-19,28H,9-10,12H2/t13-,18+,19-/m1/s1. The number of aromatic nitrogens is 2. The van der Waals surface area contributed by atoms with Gasteiger partial charge in [-0.25, -0.2) is 9.37 Å². The molecule has 1 aliphatic heterocycles. The van der Waals surface area contributed by atoms with Crippen LogP contribution in [-0.4, -0.2) is 39.5 Å². The highest BCUT2D eigenvalue weighted by Gasteiger charge is 2.49. The number of amides is 1. The molecule has 5 rings (SSSR count). The van der Waals surface area contributed by atoms with Crippen LogP contribution in [0.15, 0.2) is 54.9 Å². The Morgan fingerprint density at radius 1 is 1.12 bits per heavy atom. The molecule has 1 saturated heterocycles. The van der Waals surface area contributed by atoms with E-state index in [0.717, 1.165) is 12.3 Å². The van der Waals surface area contributed by atoms with Crippen molar-refractivity contribution < 1.29 is 27.1 Å². The predicted octanol–water partition coefficient (Wildman–Crippen LogP) is 4.92. The number of halogens is 4. The van der Waals surface area contributed by atoms with Crippen molar-refractivity contribution in [3.05, 3.63) is 71.8 Å². The Labute approximate surface area is 181 Å². The molecule has 0 spiro atoms. The molecular formula is C23H19F4N3O2. The van der Waals surface area contributed by atoms with Crippen LogP contribution in [0, 0.1) is 11.7 Å². The molecule has 3 atom stereocenters. The van der Waals surface area contributed by atoms with E-state index < -0.39 is 29.6 Å². The average Bonchev–Trinajstić information content (AvgIpc) is 3.50. The largest absolute Gasteiger partial charge is 0.472 e. The lowest BCUT2D eigenvalue weighted by atomic mass is 10.0. The number of nitrogens with zero attached hydrogens (tertiary/aromatic N) is 2. The fourth-order valence-electron chi connectivity index (χ4n) is 4.71. The topological polar surface area (TPSA) is 58.2 Å². The molecule has 3 aromatic rings. The van der Waals surface area contributed by atoms with Crippen LogP contribution in [-0.2, 0) is 6.18 Å². The Balaban J connectivity index is 1.37. The van der Waals surface area contributed by atoms with Crippen LogP contribution < -0.4 is 4.74 Å². The number of rotatable bonds is 4. The van der Waals surface area contributed by atoms with E-state index in [4.69, 9.17) is 4.74 Å². The summed E-state index contributed by atoms with van der Waals surface area (Å²) >= 11 is 0. The van der Waals surface area contributed by atoms with E-state index in [1.54, 1.807) is 35.4 Å². The van der Waals surface area contributed by atoms with Gasteiger partial charge in [-0.3, -0.25) is 4.79 Å². The number of likely N-dealkylation sites (tertiary alicyclic amines) is 1. The number of carbonyl (C=O) groups is 1. The number of alkyl halides is 3.